The first-order valence-corrected chi connectivity index (χ1v) is 8.34. The van der Waals surface area contributed by atoms with Gasteiger partial charge in [-0.3, -0.25) is 0 Å². The molecule has 0 radical (unpaired) electrons. The van der Waals surface area contributed by atoms with E-state index in [-0.39, 0.29) is 0 Å². The molecule has 1 N–H and O–H groups in total. The summed E-state index contributed by atoms with van der Waals surface area (Å²) in [5, 5.41) is 15.7. The van der Waals surface area contributed by atoms with Gasteiger partial charge in [0.25, 0.3) is 0 Å². The molecule has 1 atom stereocenters. The number of halogens is 2. The summed E-state index contributed by atoms with van der Waals surface area (Å²) >= 11 is 12.4. The van der Waals surface area contributed by atoms with Crippen molar-refractivity contribution < 1.29 is 5.11 Å². The van der Waals surface area contributed by atoms with Crippen LogP contribution >= 0.6 is 23.2 Å². The Morgan fingerprint density at radius 3 is 2.48 bits per heavy atom. The summed E-state index contributed by atoms with van der Waals surface area (Å²) in [7, 11) is 3.94. The van der Waals surface area contributed by atoms with Crippen LogP contribution in [0.1, 0.15) is 30.6 Å². The highest BCUT2D eigenvalue weighted by Gasteiger charge is 2.16. The van der Waals surface area contributed by atoms with E-state index in [0.29, 0.717) is 41.8 Å². The smallest absolute Gasteiger partial charge is 0.155 e. The highest BCUT2D eigenvalue weighted by atomic mass is 35.5. The largest absolute Gasteiger partial charge is 0.391 e. The van der Waals surface area contributed by atoms with Crippen molar-refractivity contribution in [3.8, 4) is 0 Å². The number of nitrogens with zero attached hydrogens (tertiary/aromatic N) is 4. The highest BCUT2D eigenvalue weighted by molar-refractivity contribution is 6.36. The fraction of sp³-hybridized carbons (Fsp3) is 0.500. The van der Waals surface area contributed by atoms with E-state index in [9.17, 15) is 5.11 Å². The van der Waals surface area contributed by atoms with E-state index >= 15 is 0 Å². The zero-order valence-corrected chi connectivity index (χ0v) is 15.1. The fourth-order valence-corrected chi connectivity index (χ4v) is 2.77. The van der Waals surface area contributed by atoms with E-state index in [1.54, 1.807) is 16.8 Å². The SMILES string of the molecule is CC[C@@H](O)Cn1nc(Cc2c(Cl)cccc2Cl)nc1CN(C)C. The molecule has 0 spiro atoms. The van der Waals surface area contributed by atoms with Crippen LogP contribution in [0.3, 0.4) is 0 Å². The predicted molar refractivity (Wildman–Crippen MR) is 93.0 cm³/mol. The van der Waals surface area contributed by atoms with Gasteiger partial charge in [-0.2, -0.15) is 5.10 Å². The molecular weight excluding hydrogens is 335 g/mol. The van der Waals surface area contributed by atoms with Crippen LogP contribution in [0, 0.1) is 0 Å². The lowest BCUT2D eigenvalue weighted by atomic mass is 10.1. The van der Waals surface area contributed by atoms with E-state index < -0.39 is 6.10 Å². The van der Waals surface area contributed by atoms with Crippen LogP contribution in [-0.4, -0.2) is 45.0 Å². The average molecular weight is 357 g/mol. The Kier molecular flexibility index (Phi) is 6.41. The van der Waals surface area contributed by atoms with Crippen molar-refractivity contribution in [3.63, 3.8) is 0 Å². The molecule has 1 aromatic heterocycles. The summed E-state index contributed by atoms with van der Waals surface area (Å²) in [5.41, 5.74) is 0.820. The van der Waals surface area contributed by atoms with Crippen molar-refractivity contribution in [1.82, 2.24) is 19.7 Å². The van der Waals surface area contributed by atoms with Gasteiger partial charge in [0.1, 0.15) is 5.82 Å². The molecule has 0 aliphatic heterocycles. The van der Waals surface area contributed by atoms with Gasteiger partial charge in [0.05, 0.1) is 19.2 Å². The summed E-state index contributed by atoms with van der Waals surface area (Å²) < 4.78 is 1.77. The molecule has 0 saturated carbocycles. The van der Waals surface area contributed by atoms with Gasteiger partial charge >= 0.3 is 0 Å². The molecule has 0 saturated heterocycles. The maximum atomic E-state index is 9.91. The predicted octanol–water partition coefficient (Wildman–Crippen LogP) is 3.01. The lowest BCUT2D eigenvalue weighted by Gasteiger charge is -2.12. The van der Waals surface area contributed by atoms with Crippen molar-refractivity contribution in [2.24, 2.45) is 0 Å². The van der Waals surface area contributed by atoms with Crippen LogP contribution in [0.15, 0.2) is 18.2 Å². The van der Waals surface area contributed by atoms with Gasteiger partial charge in [0.15, 0.2) is 5.82 Å². The summed E-state index contributed by atoms with van der Waals surface area (Å²) in [6, 6.07) is 5.43. The third-order valence-electron chi connectivity index (χ3n) is 3.50. The molecular formula is C16H22Cl2N4O. The Morgan fingerprint density at radius 1 is 1.26 bits per heavy atom. The van der Waals surface area contributed by atoms with E-state index in [0.717, 1.165) is 11.4 Å². The number of aromatic nitrogens is 3. The minimum Gasteiger partial charge on any atom is -0.391 e. The second-order valence-corrected chi connectivity index (χ2v) is 6.62. The summed E-state index contributed by atoms with van der Waals surface area (Å²) in [6.07, 6.45) is 0.704. The average Bonchev–Trinajstić information content (AvgIpc) is 2.84. The van der Waals surface area contributed by atoms with Gasteiger partial charge < -0.3 is 10.0 Å². The van der Waals surface area contributed by atoms with Gasteiger partial charge in [-0.05, 0) is 38.2 Å². The Balaban J connectivity index is 2.28. The molecule has 7 heteroatoms. The first-order chi connectivity index (χ1) is 10.9. The molecule has 5 nitrogen and oxygen atoms in total. The number of benzene rings is 1. The normalized spacial score (nSPS) is 12.8. The molecule has 2 rings (SSSR count). The topological polar surface area (TPSA) is 54.2 Å². The van der Waals surface area contributed by atoms with Crippen LogP contribution in [0.25, 0.3) is 0 Å². The molecule has 2 aromatic rings. The highest BCUT2D eigenvalue weighted by Crippen LogP contribution is 2.26. The van der Waals surface area contributed by atoms with Crippen molar-refractivity contribution in [3.05, 3.63) is 45.5 Å². The third-order valence-corrected chi connectivity index (χ3v) is 4.21. The first kappa shape index (κ1) is 18.2. The van der Waals surface area contributed by atoms with Crippen LogP contribution < -0.4 is 0 Å². The number of hydrogen-bond acceptors (Lipinski definition) is 4. The van der Waals surface area contributed by atoms with E-state index in [4.69, 9.17) is 23.2 Å². The van der Waals surface area contributed by atoms with E-state index in [2.05, 4.69) is 10.1 Å². The lowest BCUT2D eigenvalue weighted by molar-refractivity contribution is 0.142. The second-order valence-electron chi connectivity index (χ2n) is 5.80. The standard InChI is InChI=1S/C16H22Cl2N4O/c1-4-11(23)9-22-16(10-21(2)3)19-15(20-22)8-12-13(17)6-5-7-14(12)18/h5-7,11,23H,4,8-10H2,1-3H3/t11-/m1/s1. The molecule has 0 aliphatic carbocycles. The molecule has 0 unspecified atom stereocenters. The van der Waals surface area contributed by atoms with Gasteiger partial charge in [0, 0.05) is 16.5 Å². The van der Waals surface area contributed by atoms with Gasteiger partial charge in [-0.1, -0.05) is 36.2 Å². The Bertz CT molecular complexity index is 637. The molecule has 0 aliphatic rings. The van der Waals surface area contributed by atoms with Gasteiger partial charge in [-0.15, -0.1) is 0 Å². The first-order valence-electron chi connectivity index (χ1n) is 7.59. The van der Waals surface area contributed by atoms with Gasteiger partial charge in [-0.25, -0.2) is 9.67 Å². The quantitative estimate of drug-likeness (QED) is 0.828. The van der Waals surface area contributed by atoms with Crippen LogP contribution in [0.4, 0.5) is 0 Å². The maximum absolute atomic E-state index is 9.91. The van der Waals surface area contributed by atoms with Crippen molar-refractivity contribution in [2.45, 2.75) is 39.0 Å². The number of aliphatic hydroxyl groups is 1. The molecule has 0 bridgehead atoms. The zero-order valence-electron chi connectivity index (χ0n) is 13.6. The Labute approximate surface area is 146 Å². The van der Waals surface area contributed by atoms with Crippen molar-refractivity contribution in [2.75, 3.05) is 14.1 Å². The number of aliphatic hydroxyl groups excluding tert-OH is 1. The van der Waals surface area contributed by atoms with E-state index in [1.807, 2.05) is 32.0 Å². The maximum Gasteiger partial charge on any atom is 0.155 e. The summed E-state index contributed by atoms with van der Waals surface area (Å²) in [5.74, 6) is 1.47. The van der Waals surface area contributed by atoms with E-state index in [1.165, 1.54) is 0 Å². The minimum absolute atomic E-state index is 0.433. The van der Waals surface area contributed by atoms with Crippen LogP contribution in [0.2, 0.25) is 10.0 Å². The second kappa shape index (κ2) is 8.11. The fourth-order valence-electron chi connectivity index (χ4n) is 2.24. The Hall–Kier alpha value is -1.14. The zero-order chi connectivity index (χ0) is 17.0. The lowest BCUT2D eigenvalue weighted by Crippen LogP contribution is -2.21. The Morgan fingerprint density at radius 2 is 1.91 bits per heavy atom. The molecule has 0 fully saturated rings. The number of hydrogen-bond donors (Lipinski definition) is 1. The summed E-state index contributed by atoms with van der Waals surface area (Å²) in [4.78, 5) is 6.62. The molecule has 0 amide bonds. The third kappa shape index (κ3) is 4.91. The van der Waals surface area contributed by atoms with Crippen molar-refractivity contribution in [1.29, 1.82) is 0 Å². The molecule has 126 valence electrons. The van der Waals surface area contributed by atoms with Gasteiger partial charge in [0.2, 0.25) is 0 Å². The minimum atomic E-state index is -0.436. The summed E-state index contributed by atoms with van der Waals surface area (Å²) in [6.45, 7) is 3.03. The monoisotopic (exact) mass is 356 g/mol. The number of rotatable bonds is 7. The van der Waals surface area contributed by atoms with Crippen LogP contribution in [0.5, 0.6) is 0 Å². The molecule has 1 aromatic carbocycles. The molecule has 23 heavy (non-hydrogen) atoms. The van der Waals surface area contributed by atoms with Crippen molar-refractivity contribution >= 4 is 23.2 Å². The van der Waals surface area contributed by atoms with Crippen LogP contribution in [-0.2, 0) is 19.5 Å². The molecule has 1 heterocycles.